The standard InChI is InChI=1S/C17H17Cl2N5O2/c1-9-13(15(22-25-9)14-10(18)4-3-5-11(14)19)17-21-16(23-26-17)12-8-20-6-7-24(12)2/h3-5,12,20H,6-8H2,1-2H3. The Balaban J connectivity index is 1.77. The van der Waals surface area contributed by atoms with Crippen LogP contribution in [0.2, 0.25) is 10.0 Å². The predicted octanol–water partition coefficient (Wildman–Crippen LogP) is 3.58. The van der Waals surface area contributed by atoms with Crippen LogP contribution in [0.25, 0.3) is 22.7 Å². The lowest BCUT2D eigenvalue weighted by Crippen LogP contribution is -2.44. The molecule has 0 saturated carbocycles. The van der Waals surface area contributed by atoms with E-state index in [0.29, 0.717) is 44.3 Å². The summed E-state index contributed by atoms with van der Waals surface area (Å²) < 4.78 is 10.9. The Hall–Kier alpha value is -1.93. The molecule has 3 heterocycles. The lowest BCUT2D eigenvalue weighted by Gasteiger charge is -2.30. The van der Waals surface area contributed by atoms with Gasteiger partial charge in [-0.05, 0) is 26.1 Å². The fourth-order valence-electron chi connectivity index (χ4n) is 3.08. The van der Waals surface area contributed by atoms with Crippen LogP contribution in [0.3, 0.4) is 0 Å². The number of nitrogens with one attached hydrogen (secondary N) is 1. The van der Waals surface area contributed by atoms with Crippen LogP contribution >= 0.6 is 23.2 Å². The minimum Gasteiger partial charge on any atom is -0.360 e. The number of benzene rings is 1. The lowest BCUT2D eigenvalue weighted by atomic mass is 10.1. The largest absolute Gasteiger partial charge is 0.360 e. The van der Waals surface area contributed by atoms with Crippen molar-refractivity contribution in [2.75, 3.05) is 26.7 Å². The highest BCUT2D eigenvalue weighted by molar-refractivity contribution is 6.39. The molecule has 0 aliphatic carbocycles. The van der Waals surface area contributed by atoms with Gasteiger partial charge in [0.1, 0.15) is 17.0 Å². The Bertz CT molecular complexity index is 919. The summed E-state index contributed by atoms with van der Waals surface area (Å²) in [7, 11) is 2.04. The average molecular weight is 394 g/mol. The molecule has 26 heavy (non-hydrogen) atoms. The number of aromatic nitrogens is 3. The molecule has 3 aromatic rings. The Morgan fingerprint density at radius 3 is 2.65 bits per heavy atom. The molecule has 4 rings (SSSR count). The van der Waals surface area contributed by atoms with Gasteiger partial charge in [-0.2, -0.15) is 4.98 Å². The van der Waals surface area contributed by atoms with Crippen molar-refractivity contribution in [2.24, 2.45) is 0 Å². The summed E-state index contributed by atoms with van der Waals surface area (Å²) in [6.45, 7) is 4.41. The Kier molecular flexibility index (Phi) is 4.71. The fourth-order valence-corrected chi connectivity index (χ4v) is 3.66. The van der Waals surface area contributed by atoms with Gasteiger partial charge in [0.25, 0.3) is 5.89 Å². The molecule has 1 saturated heterocycles. The number of aryl methyl sites for hydroxylation is 1. The number of rotatable bonds is 3. The molecule has 1 aromatic carbocycles. The molecule has 0 bridgehead atoms. The van der Waals surface area contributed by atoms with Gasteiger partial charge >= 0.3 is 0 Å². The number of nitrogens with zero attached hydrogens (tertiary/aromatic N) is 4. The summed E-state index contributed by atoms with van der Waals surface area (Å²) in [6.07, 6.45) is 0. The second-order valence-electron chi connectivity index (χ2n) is 6.22. The maximum absolute atomic E-state index is 6.33. The maximum Gasteiger partial charge on any atom is 0.263 e. The van der Waals surface area contributed by atoms with Gasteiger partial charge in [0, 0.05) is 25.2 Å². The van der Waals surface area contributed by atoms with Crippen molar-refractivity contribution in [3.8, 4) is 22.7 Å². The molecule has 1 N–H and O–H groups in total. The average Bonchev–Trinajstić information content (AvgIpc) is 3.22. The van der Waals surface area contributed by atoms with Crippen LogP contribution in [-0.2, 0) is 0 Å². The molecule has 0 radical (unpaired) electrons. The van der Waals surface area contributed by atoms with Crippen molar-refractivity contribution in [3.05, 3.63) is 39.8 Å². The zero-order valence-corrected chi connectivity index (χ0v) is 15.8. The van der Waals surface area contributed by atoms with Crippen molar-refractivity contribution in [2.45, 2.75) is 13.0 Å². The molecule has 1 aliphatic heterocycles. The number of hydrogen-bond donors (Lipinski definition) is 1. The first-order valence-corrected chi connectivity index (χ1v) is 8.97. The van der Waals surface area contributed by atoms with Gasteiger partial charge in [-0.3, -0.25) is 4.90 Å². The van der Waals surface area contributed by atoms with Crippen LogP contribution in [0.1, 0.15) is 17.6 Å². The Morgan fingerprint density at radius 1 is 1.15 bits per heavy atom. The van der Waals surface area contributed by atoms with E-state index >= 15 is 0 Å². The summed E-state index contributed by atoms with van der Waals surface area (Å²) in [5.41, 5.74) is 1.67. The van der Waals surface area contributed by atoms with Crippen molar-refractivity contribution >= 4 is 23.2 Å². The van der Waals surface area contributed by atoms with E-state index in [1.165, 1.54) is 0 Å². The van der Waals surface area contributed by atoms with Gasteiger partial charge < -0.3 is 14.4 Å². The van der Waals surface area contributed by atoms with Gasteiger partial charge in [0.05, 0.1) is 16.1 Å². The van der Waals surface area contributed by atoms with Crippen LogP contribution < -0.4 is 5.32 Å². The van der Waals surface area contributed by atoms with Crippen molar-refractivity contribution in [1.82, 2.24) is 25.5 Å². The van der Waals surface area contributed by atoms with Crippen LogP contribution in [0, 0.1) is 6.92 Å². The van der Waals surface area contributed by atoms with Gasteiger partial charge in [-0.15, -0.1) is 0 Å². The number of hydrogen-bond acceptors (Lipinski definition) is 7. The van der Waals surface area contributed by atoms with E-state index in [9.17, 15) is 0 Å². The molecule has 2 aromatic heterocycles. The van der Waals surface area contributed by atoms with Crippen LogP contribution in [-0.4, -0.2) is 46.9 Å². The third-order valence-electron chi connectivity index (χ3n) is 4.53. The summed E-state index contributed by atoms with van der Waals surface area (Å²) in [5.74, 6) is 1.51. The molecule has 1 unspecified atom stereocenters. The molecular formula is C17H17Cl2N5O2. The number of piperazine rings is 1. The summed E-state index contributed by atoms with van der Waals surface area (Å²) in [5, 5.41) is 12.6. The third kappa shape index (κ3) is 3.01. The number of likely N-dealkylation sites (N-methyl/N-ethyl adjacent to an activating group) is 1. The first-order chi connectivity index (χ1) is 12.6. The van der Waals surface area contributed by atoms with Crippen LogP contribution in [0.4, 0.5) is 0 Å². The van der Waals surface area contributed by atoms with Crippen LogP contribution in [0.15, 0.2) is 27.2 Å². The van der Waals surface area contributed by atoms with E-state index in [4.69, 9.17) is 32.2 Å². The van der Waals surface area contributed by atoms with E-state index in [-0.39, 0.29) is 6.04 Å². The highest BCUT2D eigenvalue weighted by atomic mass is 35.5. The van der Waals surface area contributed by atoms with E-state index < -0.39 is 0 Å². The molecule has 136 valence electrons. The topological polar surface area (TPSA) is 80.2 Å². The normalized spacial score (nSPS) is 18.4. The minimum atomic E-state index is 0.0498. The summed E-state index contributed by atoms with van der Waals surface area (Å²) in [4.78, 5) is 6.78. The molecular weight excluding hydrogens is 377 g/mol. The van der Waals surface area contributed by atoms with E-state index in [1.54, 1.807) is 25.1 Å². The SMILES string of the molecule is Cc1onc(-c2c(Cl)cccc2Cl)c1-c1nc(C2CNCCN2C)no1. The van der Waals surface area contributed by atoms with Gasteiger partial charge in [-0.1, -0.05) is 39.6 Å². The van der Waals surface area contributed by atoms with Crippen molar-refractivity contribution in [1.29, 1.82) is 0 Å². The lowest BCUT2D eigenvalue weighted by molar-refractivity contribution is 0.190. The molecule has 1 atom stereocenters. The molecule has 9 heteroatoms. The molecule has 1 fully saturated rings. The molecule has 0 amide bonds. The smallest absolute Gasteiger partial charge is 0.263 e. The summed E-state index contributed by atoms with van der Waals surface area (Å²) >= 11 is 12.7. The second kappa shape index (κ2) is 7.00. The second-order valence-corrected chi connectivity index (χ2v) is 7.03. The van der Waals surface area contributed by atoms with Gasteiger partial charge in [0.2, 0.25) is 0 Å². The highest BCUT2D eigenvalue weighted by Crippen LogP contribution is 2.40. The zero-order valence-electron chi connectivity index (χ0n) is 14.3. The quantitative estimate of drug-likeness (QED) is 0.727. The zero-order chi connectivity index (χ0) is 18.3. The van der Waals surface area contributed by atoms with Gasteiger partial charge in [-0.25, -0.2) is 0 Å². The van der Waals surface area contributed by atoms with E-state index in [1.807, 2.05) is 7.05 Å². The minimum absolute atomic E-state index is 0.0498. The van der Waals surface area contributed by atoms with E-state index in [2.05, 4.69) is 25.5 Å². The molecule has 1 aliphatic rings. The Labute approximate surface area is 160 Å². The molecule has 7 nitrogen and oxygen atoms in total. The maximum atomic E-state index is 6.33. The predicted molar refractivity (Wildman–Crippen MR) is 98.2 cm³/mol. The van der Waals surface area contributed by atoms with Gasteiger partial charge in [0.15, 0.2) is 5.82 Å². The molecule has 0 spiro atoms. The first kappa shape index (κ1) is 17.5. The monoisotopic (exact) mass is 393 g/mol. The van der Waals surface area contributed by atoms with Crippen LogP contribution in [0.5, 0.6) is 0 Å². The highest BCUT2D eigenvalue weighted by Gasteiger charge is 2.29. The first-order valence-electron chi connectivity index (χ1n) is 8.22. The fraction of sp³-hybridized carbons (Fsp3) is 0.353. The van der Waals surface area contributed by atoms with Crippen molar-refractivity contribution in [3.63, 3.8) is 0 Å². The Morgan fingerprint density at radius 2 is 1.92 bits per heavy atom. The summed E-state index contributed by atoms with van der Waals surface area (Å²) in [6, 6.07) is 5.32. The van der Waals surface area contributed by atoms with E-state index in [0.717, 1.165) is 19.6 Å². The third-order valence-corrected chi connectivity index (χ3v) is 5.16. The van der Waals surface area contributed by atoms with Crippen molar-refractivity contribution < 1.29 is 9.05 Å². The number of halogens is 2.